The largest absolute Gasteiger partial charge is 0.394 e. The van der Waals surface area contributed by atoms with E-state index in [9.17, 15) is 19.8 Å². The maximum atomic E-state index is 14.1. The number of nitrogens with zero attached hydrogens (tertiary/aromatic N) is 2. The smallest absolute Gasteiger partial charge is 0.255 e. The highest BCUT2D eigenvalue weighted by molar-refractivity contribution is 6.35. The first-order valence-corrected chi connectivity index (χ1v) is 13.7. The summed E-state index contributed by atoms with van der Waals surface area (Å²) in [6, 6.07) is 23.4. The molecule has 1 aliphatic rings. The predicted molar refractivity (Wildman–Crippen MR) is 154 cm³/mol. The van der Waals surface area contributed by atoms with E-state index in [1.54, 1.807) is 91.1 Å². The number of rotatable bonds is 9. The molecule has 8 nitrogen and oxygen atoms in total. The Labute approximate surface area is 247 Å². The van der Waals surface area contributed by atoms with Gasteiger partial charge in [-0.05, 0) is 47.0 Å². The summed E-state index contributed by atoms with van der Waals surface area (Å²) in [5.41, 5.74) is 4.76. The van der Waals surface area contributed by atoms with Crippen LogP contribution in [0.3, 0.4) is 0 Å². The molecule has 3 aromatic carbocycles. The van der Waals surface area contributed by atoms with Gasteiger partial charge in [-0.1, -0.05) is 83.9 Å². The third-order valence-electron chi connectivity index (χ3n) is 7.11. The molecule has 0 bridgehead atoms. The molecule has 0 saturated carbocycles. The summed E-state index contributed by atoms with van der Waals surface area (Å²) in [5, 5.41) is 22.6. The molecule has 0 radical (unpaired) electrons. The van der Waals surface area contributed by atoms with E-state index in [0.717, 1.165) is 0 Å². The molecule has 5 rings (SSSR count). The van der Waals surface area contributed by atoms with Crippen LogP contribution in [0.2, 0.25) is 10.0 Å². The monoisotopic (exact) mass is 591 g/mol. The molecule has 0 saturated heterocycles. The van der Waals surface area contributed by atoms with Crippen LogP contribution in [-0.4, -0.2) is 44.6 Å². The minimum atomic E-state index is -1.27. The number of halogens is 2. The molecule has 3 N–H and O–H groups in total. The molecule has 41 heavy (non-hydrogen) atoms. The van der Waals surface area contributed by atoms with Crippen molar-refractivity contribution in [3.8, 4) is 0 Å². The summed E-state index contributed by atoms with van der Waals surface area (Å²) in [5.74, 6) is -2.04. The highest BCUT2D eigenvalue weighted by Gasteiger charge is 2.48. The minimum absolute atomic E-state index is 0.0158. The third kappa shape index (κ3) is 5.98. The maximum absolute atomic E-state index is 14.1. The van der Waals surface area contributed by atoms with Gasteiger partial charge in [-0.15, -0.1) is 0 Å². The summed E-state index contributed by atoms with van der Waals surface area (Å²) >= 11 is 12.9. The standard InChI is InChI=1S/C31H27Cl2N3O5/c32-20-13-14-24(25(33)16-20)28-27(30(39)35-41-18-21-10-6-7-15-34-21)22-11-4-5-12-23(22)31(40)36(28)26(17-37)29(38)19-8-2-1-3-9-19/h1-16,26-29,37-38H,17-18H2,(H,35,39)/t26-,27+,28?,29-/m1/s1. The fourth-order valence-electron chi connectivity index (χ4n) is 5.21. The zero-order chi connectivity index (χ0) is 28.9. The van der Waals surface area contributed by atoms with Gasteiger partial charge in [-0.2, -0.15) is 0 Å². The van der Waals surface area contributed by atoms with Crippen molar-refractivity contribution in [1.82, 2.24) is 15.4 Å². The number of carbonyl (C=O) groups is 2. The molecule has 1 unspecified atom stereocenters. The molecule has 4 atom stereocenters. The van der Waals surface area contributed by atoms with Crippen molar-refractivity contribution >= 4 is 35.0 Å². The number of fused-ring (bicyclic) bond motifs is 1. The second-order valence-corrected chi connectivity index (χ2v) is 10.4. The maximum Gasteiger partial charge on any atom is 0.255 e. The number of nitrogens with one attached hydrogen (secondary N) is 1. The molecule has 0 fully saturated rings. The van der Waals surface area contributed by atoms with Gasteiger partial charge >= 0.3 is 0 Å². The number of hydrogen-bond donors (Lipinski definition) is 3. The fraction of sp³-hybridized carbons (Fsp3) is 0.194. The number of aliphatic hydroxyl groups is 2. The number of carbonyl (C=O) groups excluding carboxylic acids is 2. The Kier molecular flexibility index (Phi) is 8.97. The van der Waals surface area contributed by atoms with Gasteiger partial charge in [0.1, 0.15) is 12.7 Å². The normalized spacial score (nSPS) is 18.0. The Morgan fingerprint density at radius 3 is 2.41 bits per heavy atom. The van der Waals surface area contributed by atoms with Crippen LogP contribution in [0, 0.1) is 0 Å². The van der Waals surface area contributed by atoms with Crippen molar-refractivity contribution < 1.29 is 24.6 Å². The first kappa shape index (κ1) is 28.7. The van der Waals surface area contributed by atoms with E-state index >= 15 is 0 Å². The topological polar surface area (TPSA) is 112 Å². The molecule has 2 amide bonds. The highest BCUT2D eigenvalue weighted by atomic mass is 35.5. The fourth-order valence-corrected chi connectivity index (χ4v) is 5.73. The number of amides is 2. The molecule has 4 aromatic rings. The molecule has 0 aliphatic carbocycles. The summed E-state index contributed by atoms with van der Waals surface area (Å²) in [7, 11) is 0. The quantitative estimate of drug-likeness (QED) is 0.236. The molecule has 0 spiro atoms. The molecular formula is C31H27Cl2N3O5. The van der Waals surface area contributed by atoms with Crippen molar-refractivity contribution in [2.24, 2.45) is 0 Å². The number of pyridine rings is 1. The summed E-state index contributed by atoms with van der Waals surface area (Å²) in [4.78, 5) is 39.1. The lowest BCUT2D eigenvalue weighted by molar-refractivity contribution is -0.138. The second-order valence-electron chi connectivity index (χ2n) is 9.57. The van der Waals surface area contributed by atoms with Crippen LogP contribution in [0.15, 0.2) is 97.2 Å². The van der Waals surface area contributed by atoms with Crippen LogP contribution in [0.1, 0.15) is 50.8 Å². The van der Waals surface area contributed by atoms with E-state index in [0.29, 0.717) is 27.4 Å². The summed E-state index contributed by atoms with van der Waals surface area (Å²) in [6.07, 6.45) is 0.348. The molecule has 1 aromatic heterocycles. The average molecular weight is 592 g/mol. The number of aromatic nitrogens is 1. The van der Waals surface area contributed by atoms with Crippen LogP contribution in [0.4, 0.5) is 0 Å². The lowest BCUT2D eigenvalue weighted by Crippen LogP contribution is -2.54. The van der Waals surface area contributed by atoms with E-state index in [4.69, 9.17) is 28.0 Å². The van der Waals surface area contributed by atoms with E-state index < -0.39 is 42.5 Å². The van der Waals surface area contributed by atoms with E-state index in [2.05, 4.69) is 10.5 Å². The first-order chi connectivity index (χ1) is 19.9. The molecule has 10 heteroatoms. The van der Waals surface area contributed by atoms with Crippen LogP contribution in [0.5, 0.6) is 0 Å². The van der Waals surface area contributed by atoms with Crippen LogP contribution < -0.4 is 5.48 Å². The number of aliphatic hydroxyl groups excluding tert-OH is 2. The molecule has 210 valence electrons. The zero-order valence-electron chi connectivity index (χ0n) is 21.7. The van der Waals surface area contributed by atoms with E-state index in [-0.39, 0.29) is 17.2 Å². The lowest BCUT2D eigenvalue weighted by atomic mass is 9.78. The van der Waals surface area contributed by atoms with Gasteiger partial charge in [0, 0.05) is 21.8 Å². The predicted octanol–water partition coefficient (Wildman–Crippen LogP) is 5.01. The Bertz CT molecular complexity index is 1520. The molecular weight excluding hydrogens is 565 g/mol. The van der Waals surface area contributed by atoms with Gasteiger partial charge in [0.05, 0.1) is 30.3 Å². The Hall–Kier alpha value is -3.79. The Morgan fingerprint density at radius 2 is 1.71 bits per heavy atom. The number of hydrogen-bond acceptors (Lipinski definition) is 6. The van der Waals surface area contributed by atoms with Gasteiger partial charge in [0.25, 0.3) is 11.8 Å². The Balaban J connectivity index is 1.61. The van der Waals surface area contributed by atoms with Gasteiger partial charge in [0.15, 0.2) is 0 Å². The van der Waals surface area contributed by atoms with Crippen LogP contribution >= 0.6 is 23.2 Å². The van der Waals surface area contributed by atoms with Crippen molar-refractivity contribution in [2.45, 2.75) is 30.7 Å². The third-order valence-corrected chi connectivity index (χ3v) is 7.67. The highest BCUT2D eigenvalue weighted by Crippen LogP contribution is 2.47. The van der Waals surface area contributed by atoms with Crippen molar-refractivity contribution in [3.05, 3.63) is 135 Å². The van der Waals surface area contributed by atoms with Gasteiger partial charge in [-0.25, -0.2) is 5.48 Å². The second kappa shape index (κ2) is 12.8. The summed E-state index contributed by atoms with van der Waals surface area (Å²) in [6.45, 7) is -0.571. The molecule has 1 aliphatic heterocycles. The van der Waals surface area contributed by atoms with Crippen molar-refractivity contribution in [1.29, 1.82) is 0 Å². The van der Waals surface area contributed by atoms with Crippen molar-refractivity contribution in [2.75, 3.05) is 6.61 Å². The molecule has 2 heterocycles. The first-order valence-electron chi connectivity index (χ1n) is 12.9. The van der Waals surface area contributed by atoms with Crippen LogP contribution in [0.25, 0.3) is 0 Å². The number of benzene rings is 3. The van der Waals surface area contributed by atoms with Gasteiger partial charge in [-0.3, -0.25) is 19.4 Å². The van der Waals surface area contributed by atoms with E-state index in [1.807, 2.05) is 0 Å². The number of hydroxylamine groups is 1. The SMILES string of the molecule is O=C(NOCc1ccccn1)[C@H]1c2ccccc2C(=O)N([C@H](CO)[C@H](O)c2ccccc2)C1c1ccc(Cl)cc1Cl. The average Bonchev–Trinajstić information content (AvgIpc) is 2.99. The zero-order valence-corrected chi connectivity index (χ0v) is 23.2. The van der Waals surface area contributed by atoms with Gasteiger partial charge < -0.3 is 15.1 Å². The van der Waals surface area contributed by atoms with Gasteiger partial charge in [0.2, 0.25) is 0 Å². The lowest BCUT2D eigenvalue weighted by Gasteiger charge is -2.46. The van der Waals surface area contributed by atoms with Crippen molar-refractivity contribution in [3.63, 3.8) is 0 Å². The van der Waals surface area contributed by atoms with Crippen LogP contribution in [-0.2, 0) is 16.2 Å². The Morgan fingerprint density at radius 1 is 0.976 bits per heavy atom. The summed E-state index contributed by atoms with van der Waals surface area (Å²) < 4.78 is 0. The minimum Gasteiger partial charge on any atom is -0.394 e. The van der Waals surface area contributed by atoms with E-state index in [1.165, 1.54) is 11.0 Å².